The summed E-state index contributed by atoms with van der Waals surface area (Å²) < 4.78 is 48.0. The van der Waals surface area contributed by atoms with Crippen molar-refractivity contribution < 1.29 is 37.0 Å². The molecule has 0 amide bonds. The Morgan fingerprint density at radius 2 is 1.52 bits per heavy atom. The minimum Gasteiger partial charge on any atom is -0.493 e. The molecule has 0 fully saturated rings. The molecule has 0 bridgehead atoms. The van der Waals surface area contributed by atoms with E-state index >= 15 is 0 Å². The molecule has 0 aromatic heterocycles. The molecule has 0 aliphatic carbocycles. The van der Waals surface area contributed by atoms with E-state index in [-0.39, 0.29) is 17.9 Å². The van der Waals surface area contributed by atoms with Gasteiger partial charge in [-0.05, 0) is 49.4 Å². The molecule has 2 aromatic carbocycles. The van der Waals surface area contributed by atoms with E-state index in [2.05, 4.69) is 0 Å². The molecule has 0 aliphatic rings. The van der Waals surface area contributed by atoms with Crippen molar-refractivity contribution in [1.29, 1.82) is 0 Å². The third-order valence-corrected chi connectivity index (χ3v) is 4.31. The van der Waals surface area contributed by atoms with Gasteiger partial charge in [-0.1, -0.05) is 0 Å². The lowest BCUT2D eigenvalue weighted by Gasteiger charge is -2.20. The van der Waals surface area contributed by atoms with Gasteiger partial charge in [0.1, 0.15) is 0 Å². The zero-order valence-electron chi connectivity index (χ0n) is 17.0. The maximum atomic E-state index is 12.8. The first-order chi connectivity index (χ1) is 14.6. The fourth-order valence-electron chi connectivity index (χ4n) is 2.63. The van der Waals surface area contributed by atoms with Gasteiger partial charge in [0.15, 0.2) is 23.1 Å². The van der Waals surface area contributed by atoms with E-state index in [1.807, 2.05) is 0 Å². The summed E-state index contributed by atoms with van der Waals surface area (Å²) in [5, 5.41) is 0. The van der Waals surface area contributed by atoms with Crippen LogP contribution in [0.4, 0.5) is 18.9 Å². The van der Waals surface area contributed by atoms with Crippen LogP contribution in [0.5, 0.6) is 11.5 Å². The molecule has 0 radical (unpaired) electrons. The number of carbonyl (C=O) groups is 3. The maximum Gasteiger partial charge on any atom is 0.454 e. The average Bonchev–Trinajstić information content (AvgIpc) is 2.74. The topological polar surface area (TPSA) is 72.9 Å². The molecule has 0 spiro atoms. The van der Waals surface area contributed by atoms with Gasteiger partial charge >= 0.3 is 6.18 Å². The molecule has 0 heterocycles. The van der Waals surface area contributed by atoms with Crippen LogP contribution < -0.4 is 14.4 Å². The summed E-state index contributed by atoms with van der Waals surface area (Å²) in [5.74, 6) is -1.97. The van der Waals surface area contributed by atoms with E-state index in [0.29, 0.717) is 28.8 Å². The molecule has 0 saturated heterocycles. The van der Waals surface area contributed by atoms with Crippen molar-refractivity contribution >= 4 is 23.0 Å². The lowest BCUT2D eigenvalue weighted by Crippen LogP contribution is -2.26. The van der Waals surface area contributed by atoms with E-state index in [1.165, 1.54) is 68.5 Å². The van der Waals surface area contributed by atoms with Gasteiger partial charge in [-0.25, -0.2) is 0 Å². The maximum absolute atomic E-state index is 12.8. The quantitative estimate of drug-likeness (QED) is 0.433. The monoisotopic (exact) mass is 435 g/mol. The molecular weight excluding hydrogens is 415 g/mol. The fourth-order valence-corrected chi connectivity index (χ4v) is 2.63. The summed E-state index contributed by atoms with van der Waals surface area (Å²) in [6.45, 7) is 1.01. The number of hydrogen-bond acceptors (Lipinski definition) is 6. The van der Waals surface area contributed by atoms with Crippen molar-refractivity contribution in [2.24, 2.45) is 0 Å². The summed E-state index contributed by atoms with van der Waals surface area (Å²) in [4.78, 5) is 36.7. The van der Waals surface area contributed by atoms with Crippen LogP contribution in [0.25, 0.3) is 0 Å². The first kappa shape index (κ1) is 23.7. The number of methoxy groups -OCH3 is 2. The molecule has 31 heavy (non-hydrogen) atoms. The summed E-state index contributed by atoms with van der Waals surface area (Å²) in [6, 6.07) is 10.4. The lowest BCUT2D eigenvalue weighted by molar-refractivity contribution is -0.165. The number of Topliss-reactive ketones (excluding diaryl/α,β-unsaturated/α-hetero) is 2. The second kappa shape index (κ2) is 9.92. The number of ketones is 3. The van der Waals surface area contributed by atoms with Crippen LogP contribution in [0.1, 0.15) is 27.6 Å². The molecule has 2 rings (SSSR count). The SMILES string of the molecule is COc1ccc(C(=O)CN(/C=C/C(=O)C(F)(F)F)c2ccc(C(C)=O)cc2)cc1OC. The Morgan fingerprint density at radius 3 is 2.03 bits per heavy atom. The van der Waals surface area contributed by atoms with Crippen molar-refractivity contribution in [3.8, 4) is 11.5 Å². The number of ether oxygens (including phenoxy) is 2. The molecule has 0 aliphatic heterocycles. The van der Waals surface area contributed by atoms with Crippen LogP contribution in [0.15, 0.2) is 54.7 Å². The lowest BCUT2D eigenvalue weighted by atomic mass is 10.1. The number of halogens is 3. The Hall–Kier alpha value is -3.62. The van der Waals surface area contributed by atoms with Gasteiger partial charge in [0.2, 0.25) is 0 Å². The third-order valence-electron chi connectivity index (χ3n) is 4.31. The Morgan fingerprint density at radius 1 is 0.935 bits per heavy atom. The summed E-state index contributed by atoms with van der Waals surface area (Å²) in [6.07, 6.45) is -3.80. The van der Waals surface area contributed by atoms with E-state index in [4.69, 9.17) is 9.47 Å². The first-order valence-corrected chi connectivity index (χ1v) is 8.99. The van der Waals surface area contributed by atoms with Crippen LogP contribution in [0, 0.1) is 0 Å². The molecule has 164 valence electrons. The number of allylic oxidation sites excluding steroid dienone is 1. The molecule has 6 nitrogen and oxygen atoms in total. The smallest absolute Gasteiger partial charge is 0.454 e. The van der Waals surface area contributed by atoms with Gasteiger partial charge < -0.3 is 14.4 Å². The number of alkyl halides is 3. The van der Waals surface area contributed by atoms with Crippen molar-refractivity contribution in [3.63, 3.8) is 0 Å². The standard InChI is InChI=1S/C22H20F3NO5/c1-14(27)15-4-7-17(8-5-15)26(11-10-21(29)22(23,24)25)13-18(28)16-6-9-19(30-2)20(12-16)31-3/h4-12H,13H2,1-3H3/b11-10+. The first-order valence-electron chi connectivity index (χ1n) is 8.99. The number of anilines is 1. The Kier molecular flexibility index (Phi) is 7.57. The summed E-state index contributed by atoms with van der Waals surface area (Å²) in [5.41, 5.74) is 0.953. The highest BCUT2D eigenvalue weighted by molar-refractivity contribution is 6.01. The molecule has 0 saturated carbocycles. The highest BCUT2D eigenvalue weighted by Gasteiger charge is 2.36. The molecule has 0 N–H and O–H groups in total. The summed E-state index contributed by atoms with van der Waals surface area (Å²) in [7, 11) is 2.84. The van der Waals surface area contributed by atoms with Crippen LogP contribution in [0.3, 0.4) is 0 Å². The number of carbonyl (C=O) groups excluding carboxylic acids is 3. The molecule has 0 unspecified atom stereocenters. The van der Waals surface area contributed by atoms with Crippen LogP contribution in [-0.2, 0) is 4.79 Å². The minimum absolute atomic E-state index is 0.192. The fraction of sp³-hybridized carbons (Fsp3) is 0.227. The number of hydrogen-bond donors (Lipinski definition) is 0. The van der Waals surface area contributed by atoms with Gasteiger partial charge in [-0.2, -0.15) is 13.2 Å². The number of rotatable bonds is 9. The second-order valence-electron chi connectivity index (χ2n) is 6.40. The van der Waals surface area contributed by atoms with Crippen molar-refractivity contribution in [3.05, 3.63) is 65.9 Å². The molecular formula is C22H20F3NO5. The zero-order chi connectivity index (χ0) is 23.2. The largest absolute Gasteiger partial charge is 0.493 e. The van der Waals surface area contributed by atoms with E-state index in [0.717, 1.165) is 6.20 Å². The van der Waals surface area contributed by atoms with Crippen molar-refractivity contribution in [2.45, 2.75) is 13.1 Å². The Bertz CT molecular complexity index is 997. The highest BCUT2D eigenvalue weighted by Crippen LogP contribution is 2.28. The van der Waals surface area contributed by atoms with Gasteiger partial charge in [0.05, 0.1) is 20.8 Å². The molecule has 9 heteroatoms. The predicted molar refractivity (Wildman–Crippen MR) is 108 cm³/mol. The van der Waals surface area contributed by atoms with E-state index in [1.54, 1.807) is 0 Å². The van der Waals surface area contributed by atoms with Crippen LogP contribution in [-0.4, -0.2) is 44.3 Å². The minimum atomic E-state index is -5.03. The number of nitrogens with zero attached hydrogens (tertiary/aromatic N) is 1. The Labute approximate surface area is 176 Å². The van der Waals surface area contributed by atoms with E-state index in [9.17, 15) is 27.6 Å². The molecule has 0 atom stereocenters. The molecule has 2 aromatic rings. The van der Waals surface area contributed by atoms with Gasteiger partial charge in [0, 0.05) is 29.1 Å². The van der Waals surface area contributed by atoms with Crippen LogP contribution in [0.2, 0.25) is 0 Å². The Balaban J connectivity index is 2.35. The summed E-state index contributed by atoms with van der Waals surface area (Å²) >= 11 is 0. The zero-order valence-corrected chi connectivity index (χ0v) is 17.0. The van der Waals surface area contributed by atoms with Crippen LogP contribution >= 0.6 is 0 Å². The van der Waals surface area contributed by atoms with Crippen molar-refractivity contribution in [2.75, 3.05) is 25.7 Å². The normalized spacial score (nSPS) is 11.3. The third kappa shape index (κ3) is 6.18. The number of benzene rings is 2. The van der Waals surface area contributed by atoms with Gasteiger partial charge in [-0.3, -0.25) is 14.4 Å². The average molecular weight is 435 g/mol. The van der Waals surface area contributed by atoms with Gasteiger partial charge in [0.25, 0.3) is 5.78 Å². The second-order valence-corrected chi connectivity index (χ2v) is 6.40. The van der Waals surface area contributed by atoms with Crippen molar-refractivity contribution in [1.82, 2.24) is 0 Å². The highest BCUT2D eigenvalue weighted by atomic mass is 19.4. The van der Waals surface area contributed by atoms with E-state index < -0.39 is 17.7 Å². The predicted octanol–water partition coefficient (Wildman–Crippen LogP) is 4.24. The van der Waals surface area contributed by atoms with Gasteiger partial charge in [-0.15, -0.1) is 0 Å².